The van der Waals surface area contributed by atoms with Crippen LogP contribution in [0.3, 0.4) is 0 Å². The molecule has 0 aliphatic heterocycles. The number of hydrogen-bond donors (Lipinski definition) is 1. The zero-order valence-corrected chi connectivity index (χ0v) is 29.0. The number of aromatic amines is 1. The predicted octanol–water partition coefficient (Wildman–Crippen LogP) is 13.7. The summed E-state index contributed by atoms with van der Waals surface area (Å²) in [7, 11) is 0. The van der Waals surface area contributed by atoms with E-state index >= 15 is 0 Å². The van der Waals surface area contributed by atoms with Crippen LogP contribution in [0.25, 0.3) is 0 Å². The molecule has 1 N–H and O–H groups in total. The fraction of sp³-hybridized carbons (Fsp3) is 0.923. The van der Waals surface area contributed by atoms with Crippen molar-refractivity contribution in [2.75, 3.05) is 0 Å². The second-order valence-corrected chi connectivity index (χ2v) is 13.6. The lowest BCUT2D eigenvalue weighted by Crippen LogP contribution is -2.41. The first-order valence-electron chi connectivity index (χ1n) is 19.3. The topological polar surface area (TPSA) is 19.7 Å². The van der Waals surface area contributed by atoms with Gasteiger partial charge in [0, 0.05) is 0 Å². The molecule has 2 nitrogen and oxygen atoms in total. The van der Waals surface area contributed by atoms with E-state index in [1.807, 2.05) is 0 Å². The number of rotatable bonds is 32. The first-order chi connectivity index (χ1) is 20.2. The largest absolute Gasteiger partial charge is 0.257 e. The summed E-state index contributed by atoms with van der Waals surface area (Å²) in [4.78, 5) is 3.74. The van der Waals surface area contributed by atoms with E-state index < -0.39 is 0 Å². The highest BCUT2D eigenvalue weighted by atomic mass is 15.1. The van der Waals surface area contributed by atoms with Crippen molar-refractivity contribution in [1.29, 1.82) is 0 Å². The van der Waals surface area contributed by atoms with Gasteiger partial charge in [-0.05, 0) is 32.6 Å². The molecule has 242 valence electrons. The van der Waals surface area contributed by atoms with E-state index in [-0.39, 0.29) is 0 Å². The molecule has 0 fully saturated rings. The Morgan fingerprint density at radius 2 is 0.780 bits per heavy atom. The third-order valence-electron chi connectivity index (χ3n) is 9.64. The first-order valence-corrected chi connectivity index (χ1v) is 19.3. The summed E-state index contributed by atoms with van der Waals surface area (Å²) >= 11 is 0. The van der Waals surface area contributed by atoms with E-state index in [1.54, 1.807) is 0 Å². The summed E-state index contributed by atoms with van der Waals surface area (Å²) in [5, 5.41) is 0. The number of nitrogens with one attached hydrogen (secondary N) is 1. The average Bonchev–Trinajstić information content (AvgIpc) is 3.47. The van der Waals surface area contributed by atoms with Crippen molar-refractivity contribution >= 4 is 0 Å². The fourth-order valence-electron chi connectivity index (χ4n) is 6.78. The summed E-state index contributed by atoms with van der Waals surface area (Å²) in [5.41, 5.74) is 0. The molecule has 2 heteroatoms. The molecule has 41 heavy (non-hydrogen) atoms. The molecule has 1 heterocycles. The Labute approximate surface area is 259 Å². The smallest absolute Gasteiger partial charge is 0.247 e. The van der Waals surface area contributed by atoms with E-state index in [1.165, 1.54) is 198 Å². The highest BCUT2D eigenvalue weighted by Crippen LogP contribution is 2.27. The van der Waals surface area contributed by atoms with Gasteiger partial charge in [-0.2, -0.15) is 0 Å². The normalized spacial score (nSPS) is 13.2. The number of hydrogen-bond acceptors (Lipinski definition) is 0. The van der Waals surface area contributed by atoms with E-state index in [9.17, 15) is 0 Å². The lowest BCUT2D eigenvalue weighted by atomic mass is 9.92. The van der Waals surface area contributed by atoms with Crippen LogP contribution in [0.2, 0.25) is 0 Å². The highest BCUT2D eigenvalue weighted by molar-refractivity contribution is 4.90. The van der Waals surface area contributed by atoms with Crippen LogP contribution < -0.4 is 4.57 Å². The maximum Gasteiger partial charge on any atom is 0.257 e. The second kappa shape index (κ2) is 29.3. The molecule has 0 spiro atoms. The van der Waals surface area contributed by atoms with Gasteiger partial charge in [-0.15, -0.1) is 0 Å². The molecule has 0 aliphatic rings. The third-order valence-corrected chi connectivity index (χ3v) is 9.64. The van der Waals surface area contributed by atoms with E-state index in [0.29, 0.717) is 12.0 Å². The summed E-state index contributed by atoms with van der Waals surface area (Å²) in [5.74, 6) is 2.25. The second-order valence-electron chi connectivity index (χ2n) is 13.6. The average molecular weight is 574 g/mol. The summed E-state index contributed by atoms with van der Waals surface area (Å²) in [6.07, 6.45) is 47.2. The molecular weight excluding hydrogens is 496 g/mol. The molecular formula is C39H77N2+. The summed E-state index contributed by atoms with van der Waals surface area (Å²) in [6.45, 7) is 9.42. The zero-order chi connectivity index (χ0) is 29.6. The molecule has 0 aliphatic carbocycles. The molecule has 0 radical (unpaired) electrons. The van der Waals surface area contributed by atoms with Gasteiger partial charge < -0.3 is 0 Å². The molecule has 0 aromatic carbocycles. The van der Waals surface area contributed by atoms with Crippen LogP contribution in [0.4, 0.5) is 0 Å². The molecule has 0 amide bonds. The number of aromatic nitrogens is 2. The Kier molecular flexibility index (Phi) is 27.3. The fourth-order valence-corrected chi connectivity index (χ4v) is 6.78. The molecule has 1 aromatic heterocycles. The number of imidazole rings is 1. The van der Waals surface area contributed by atoms with Crippen LogP contribution >= 0.6 is 0 Å². The maximum atomic E-state index is 3.74. The van der Waals surface area contributed by atoms with Crippen molar-refractivity contribution in [3.63, 3.8) is 0 Å². The van der Waals surface area contributed by atoms with Crippen molar-refractivity contribution < 1.29 is 4.57 Å². The van der Waals surface area contributed by atoms with Gasteiger partial charge in [0.1, 0.15) is 12.4 Å². The SMILES string of the molecule is CCCCCCCCCCCCCC(C)[n+]1cc[nH]c1C(CCCCCCCCC)CCCCCCCCCCC. The van der Waals surface area contributed by atoms with Crippen molar-refractivity contribution in [3.8, 4) is 0 Å². The Morgan fingerprint density at radius 3 is 1.15 bits per heavy atom. The first kappa shape index (κ1) is 38.2. The van der Waals surface area contributed by atoms with Gasteiger partial charge in [0.2, 0.25) is 0 Å². The van der Waals surface area contributed by atoms with Crippen molar-refractivity contribution in [3.05, 3.63) is 18.2 Å². The Bertz CT molecular complexity index is 635. The van der Waals surface area contributed by atoms with E-state index in [0.717, 1.165) is 0 Å². The molecule has 1 aromatic rings. The van der Waals surface area contributed by atoms with Gasteiger partial charge in [-0.25, -0.2) is 9.55 Å². The van der Waals surface area contributed by atoms with Crippen LogP contribution in [-0.4, -0.2) is 4.98 Å². The molecule has 0 saturated heterocycles. The quantitative estimate of drug-likeness (QED) is 0.0653. The van der Waals surface area contributed by atoms with Gasteiger partial charge in [0.25, 0.3) is 5.82 Å². The number of H-pyrrole nitrogens is 1. The minimum atomic E-state index is 0.620. The Morgan fingerprint density at radius 1 is 0.463 bits per heavy atom. The van der Waals surface area contributed by atoms with Crippen LogP contribution in [0, 0.1) is 0 Å². The van der Waals surface area contributed by atoms with Crippen molar-refractivity contribution in [2.24, 2.45) is 0 Å². The van der Waals surface area contributed by atoms with Crippen LogP contribution in [-0.2, 0) is 0 Å². The van der Waals surface area contributed by atoms with Crippen LogP contribution in [0.15, 0.2) is 12.4 Å². The minimum Gasteiger partial charge on any atom is -0.247 e. The van der Waals surface area contributed by atoms with Crippen LogP contribution in [0.1, 0.15) is 238 Å². The van der Waals surface area contributed by atoms with Crippen LogP contribution in [0.5, 0.6) is 0 Å². The molecule has 0 bridgehead atoms. The Balaban J connectivity index is 2.41. The lowest BCUT2D eigenvalue weighted by molar-refractivity contribution is -0.727. The van der Waals surface area contributed by atoms with Gasteiger partial charge in [0.05, 0.1) is 12.0 Å². The lowest BCUT2D eigenvalue weighted by Gasteiger charge is -2.17. The van der Waals surface area contributed by atoms with Gasteiger partial charge in [-0.1, -0.05) is 188 Å². The minimum absolute atomic E-state index is 0.620. The van der Waals surface area contributed by atoms with Gasteiger partial charge in [-0.3, -0.25) is 0 Å². The Hall–Kier alpha value is -0.790. The number of nitrogens with zero attached hydrogens (tertiary/aromatic N) is 1. The molecule has 2 unspecified atom stereocenters. The van der Waals surface area contributed by atoms with Crippen molar-refractivity contribution in [2.45, 2.75) is 232 Å². The van der Waals surface area contributed by atoms with E-state index in [2.05, 4.69) is 49.6 Å². The standard InChI is InChI=1S/C39H76N2/c1-5-8-11-14-17-19-20-22-24-26-29-32-37(4)41-36-35-40-39(41)38(33-30-27-23-16-13-10-7-3)34-31-28-25-21-18-15-12-9-6-2/h35-38H,5-34H2,1-4H3/p+1. The van der Waals surface area contributed by atoms with Gasteiger partial charge >= 0.3 is 0 Å². The third kappa shape index (κ3) is 21.5. The number of unbranched alkanes of at least 4 members (excludes halogenated alkanes) is 24. The zero-order valence-electron chi connectivity index (χ0n) is 29.0. The highest BCUT2D eigenvalue weighted by Gasteiger charge is 2.25. The predicted molar refractivity (Wildman–Crippen MR) is 184 cm³/mol. The van der Waals surface area contributed by atoms with Crippen molar-refractivity contribution in [1.82, 2.24) is 4.98 Å². The monoisotopic (exact) mass is 574 g/mol. The maximum absolute atomic E-state index is 3.74. The van der Waals surface area contributed by atoms with Gasteiger partial charge in [0.15, 0.2) is 0 Å². The summed E-state index contributed by atoms with van der Waals surface area (Å²) < 4.78 is 2.63. The molecule has 0 saturated carbocycles. The van der Waals surface area contributed by atoms with E-state index in [4.69, 9.17) is 0 Å². The molecule has 1 rings (SSSR count). The molecule has 2 atom stereocenters. The summed E-state index contributed by atoms with van der Waals surface area (Å²) in [6, 6.07) is 0.620.